The van der Waals surface area contributed by atoms with Crippen molar-refractivity contribution in [3.8, 4) is 0 Å². The highest BCUT2D eigenvalue weighted by Crippen LogP contribution is 2.73. The van der Waals surface area contributed by atoms with Crippen LogP contribution in [0.25, 0.3) is 0 Å². The van der Waals surface area contributed by atoms with Gasteiger partial charge < -0.3 is 4.74 Å². The summed E-state index contributed by atoms with van der Waals surface area (Å²) in [6.45, 7) is 15.7. The van der Waals surface area contributed by atoms with Crippen LogP contribution in [0.15, 0.2) is 0 Å². The van der Waals surface area contributed by atoms with Crippen LogP contribution >= 0.6 is 0 Å². The molecule has 2 bridgehead atoms. The molecule has 2 unspecified atom stereocenters. The van der Waals surface area contributed by atoms with Crippen LogP contribution in [0.2, 0.25) is 0 Å². The van der Waals surface area contributed by atoms with Crippen molar-refractivity contribution in [1.29, 1.82) is 0 Å². The van der Waals surface area contributed by atoms with Crippen LogP contribution in [0, 0.1) is 34.0 Å². The van der Waals surface area contributed by atoms with E-state index in [0.29, 0.717) is 11.3 Å². The van der Waals surface area contributed by atoms with E-state index in [-0.39, 0.29) is 22.4 Å². The van der Waals surface area contributed by atoms with Gasteiger partial charge >= 0.3 is 5.97 Å². The van der Waals surface area contributed by atoms with Gasteiger partial charge in [-0.3, -0.25) is 4.79 Å². The van der Waals surface area contributed by atoms with E-state index in [1.165, 1.54) is 25.7 Å². The summed E-state index contributed by atoms with van der Waals surface area (Å²) in [6.07, 6.45) is 7.15. The Hall–Kier alpha value is -0.530. The molecule has 0 aliphatic heterocycles. The lowest BCUT2D eigenvalue weighted by molar-refractivity contribution is -0.184. The van der Waals surface area contributed by atoms with Crippen molar-refractivity contribution < 1.29 is 9.53 Å². The molecular weight excluding hydrogens is 284 g/mol. The molecule has 3 fully saturated rings. The summed E-state index contributed by atoms with van der Waals surface area (Å²) in [5.74, 6) is 2.16. The van der Waals surface area contributed by atoms with E-state index >= 15 is 0 Å². The first-order valence-corrected chi connectivity index (χ1v) is 9.73. The molecular formula is C21H36O2. The standard InChI is InChI=1S/C21H36O2/c1-8-18(3,4)17(22)23-20(7)11-12-21-13-16(20)19(5,6)15(21)10-9-14(21)2/h14-16H,8-13H2,1-7H3/t14-,15?,16?,20-,21+/m1/s1. The Morgan fingerprint density at radius 2 is 1.78 bits per heavy atom. The van der Waals surface area contributed by atoms with Crippen LogP contribution < -0.4 is 0 Å². The molecule has 2 heteroatoms. The van der Waals surface area contributed by atoms with Gasteiger partial charge in [-0.25, -0.2) is 0 Å². The molecule has 3 rings (SSSR count). The molecule has 23 heavy (non-hydrogen) atoms. The first-order chi connectivity index (χ1) is 10.5. The number of fused-ring (bicyclic) bond motifs is 1. The molecule has 0 aromatic carbocycles. The fourth-order valence-electron chi connectivity index (χ4n) is 6.47. The summed E-state index contributed by atoms with van der Waals surface area (Å²) < 4.78 is 6.26. The van der Waals surface area contributed by atoms with Crippen LogP contribution in [-0.2, 0) is 9.53 Å². The second kappa shape index (κ2) is 4.99. The summed E-state index contributed by atoms with van der Waals surface area (Å²) in [7, 11) is 0. The normalized spacial score (nSPS) is 44.9. The van der Waals surface area contributed by atoms with Gasteiger partial charge in [0.15, 0.2) is 0 Å². The Labute approximate surface area is 142 Å². The van der Waals surface area contributed by atoms with E-state index in [9.17, 15) is 4.79 Å². The van der Waals surface area contributed by atoms with Gasteiger partial charge in [0.2, 0.25) is 0 Å². The minimum Gasteiger partial charge on any atom is -0.459 e. The van der Waals surface area contributed by atoms with Gasteiger partial charge in [0.05, 0.1) is 5.41 Å². The molecule has 0 saturated heterocycles. The Kier molecular flexibility index (Phi) is 3.75. The summed E-state index contributed by atoms with van der Waals surface area (Å²) in [4.78, 5) is 12.7. The van der Waals surface area contributed by atoms with Crippen molar-refractivity contribution in [2.75, 3.05) is 0 Å². The van der Waals surface area contributed by atoms with Crippen LogP contribution in [0.1, 0.15) is 87.0 Å². The topological polar surface area (TPSA) is 26.3 Å². The minimum absolute atomic E-state index is 0.000595. The Bertz CT molecular complexity index is 506. The first kappa shape index (κ1) is 17.3. The van der Waals surface area contributed by atoms with E-state index in [2.05, 4.69) is 34.6 Å². The molecule has 0 heterocycles. The number of ether oxygens (including phenoxy) is 1. The highest BCUT2D eigenvalue weighted by Gasteiger charge is 2.69. The summed E-state index contributed by atoms with van der Waals surface area (Å²) >= 11 is 0. The van der Waals surface area contributed by atoms with Gasteiger partial charge in [-0.05, 0) is 82.0 Å². The molecule has 3 saturated carbocycles. The van der Waals surface area contributed by atoms with Crippen molar-refractivity contribution in [2.24, 2.45) is 34.0 Å². The molecule has 0 N–H and O–H groups in total. The van der Waals surface area contributed by atoms with Crippen LogP contribution in [0.5, 0.6) is 0 Å². The zero-order valence-electron chi connectivity index (χ0n) is 16.3. The molecule has 5 atom stereocenters. The number of esters is 1. The maximum atomic E-state index is 12.7. The number of carbonyl (C=O) groups excluding carboxylic acids is 1. The van der Waals surface area contributed by atoms with Crippen LogP contribution in [0.4, 0.5) is 0 Å². The summed E-state index contributed by atoms with van der Waals surface area (Å²) in [6, 6.07) is 0. The molecule has 0 aromatic heterocycles. The maximum absolute atomic E-state index is 12.7. The van der Waals surface area contributed by atoms with Crippen LogP contribution in [-0.4, -0.2) is 11.6 Å². The van der Waals surface area contributed by atoms with E-state index in [0.717, 1.165) is 24.7 Å². The molecule has 2 nitrogen and oxygen atoms in total. The lowest BCUT2D eigenvalue weighted by atomic mass is 9.64. The summed E-state index contributed by atoms with van der Waals surface area (Å²) in [5, 5.41) is 0. The monoisotopic (exact) mass is 320 g/mol. The van der Waals surface area contributed by atoms with Crippen molar-refractivity contribution in [3.63, 3.8) is 0 Å². The second-order valence-corrected chi connectivity index (χ2v) is 10.3. The molecule has 132 valence electrons. The number of hydrogen-bond acceptors (Lipinski definition) is 2. The van der Waals surface area contributed by atoms with E-state index in [4.69, 9.17) is 4.74 Å². The van der Waals surface area contributed by atoms with Crippen molar-refractivity contribution in [3.05, 3.63) is 0 Å². The second-order valence-electron chi connectivity index (χ2n) is 10.3. The van der Waals surface area contributed by atoms with E-state index in [1.54, 1.807) is 0 Å². The highest BCUT2D eigenvalue weighted by atomic mass is 16.6. The smallest absolute Gasteiger partial charge is 0.312 e. The lowest BCUT2D eigenvalue weighted by Gasteiger charge is -2.47. The van der Waals surface area contributed by atoms with E-state index in [1.807, 2.05) is 13.8 Å². The van der Waals surface area contributed by atoms with Gasteiger partial charge in [0, 0.05) is 5.92 Å². The predicted octanol–water partition coefficient (Wildman–Crippen LogP) is 5.60. The van der Waals surface area contributed by atoms with Gasteiger partial charge in [-0.1, -0.05) is 27.7 Å². The van der Waals surface area contributed by atoms with Gasteiger partial charge in [0.25, 0.3) is 0 Å². The number of carbonyl (C=O) groups is 1. The van der Waals surface area contributed by atoms with Gasteiger partial charge in [-0.15, -0.1) is 0 Å². The predicted molar refractivity (Wildman–Crippen MR) is 94.0 cm³/mol. The molecule has 0 radical (unpaired) electrons. The lowest BCUT2D eigenvalue weighted by Crippen LogP contribution is -2.49. The SMILES string of the molecule is CCC(C)(C)C(=O)O[C@]1(C)CC[C@@]23CC1C(C)(C)C2CC[C@H]3C. The van der Waals surface area contributed by atoms with Crippen molar-refractivity contribution in [2.45, 2.75) is 92.6 Å². The zero-order chi connectivity index (χ0) is 17.3. The fraction of sp³-hybridized carbons (Fsp3) is 0.952. The summed E-state index contributed by atoms with van der Waals surface area (Å²) in [5.41, 5.74) is 0.166. The Morgan fingerprint density at radius 3 is 2.39 bits per heavy atom. The molecule has 0 aromatic rings. The quantitative estimate of drug-likeness (QED) is 0.633. The Balaban J connectivity index is 1.89. The average Bonchev–Trinajstić information content (AvgIpc) is 2.89. The number of rotatable bonds is 3. The Morgan fingerprint density at radius 1 is 1.13 bits per heavy atom. The van der Waals surface area contributed by atoms with E-state index < -0.39 is 0 Å². The molecule has 0 amide bonds. The largest absolute Gasteiger partial charge is 0.459 e. The van der Waals surface area contributed by atoms with Crippen molar-refractivity contribution >= 4 is 5.97 Å². The molecule has 3 aliphatic carbocycles. The van der Waals surface area contributed by atoms with Crippen molar-refractivity contribution in [1.82, 2.24) is 0 Å². The van der Waals surface area contributed by atoms with Gasteiger partial charge in [-0.2, -0.15) is 0 Å². The highest BCUT2D eigenvalue weighted by molar-refractivity contribution is 5.76. The number of hydrogen-bond donors (Lipinski definition) is 0. The van der Waals surface area contributed by atoms with Crippen LogP contribution in [0.3, 0.4) is 0 Å². The minimum atomic E-state index is -0.371. The molecule has 1 spiro atoms. The fourth-order valence-corrected chi connectivity index (χ4v) is 6.47. The average molecular weight is 321 g/mol. The molecule has 3 aliphatic rings. The third-order valence-electron chi connectivity index (χ3n) is 8.53. The maximum Gasteiger partial charge on any atom is 0.312 e. The first-order valence-electron chi connectivity index (χ1n) is 9.73. The van der Waals surface area contributed by atoms with Gasteiger partial charge in [0.1, 0.15) is 5.60 Å². The third kappa shape index (κ3) is 2.23. The third-order valence-corrected chi connectivity index (χ3v) is 8.53. The zero-order valence-corrected chi connectivity index (χ0v) is 16.3.